The number of sulfone groups is 1. The van der Waals surface area contributed by atoms with Crippen LogP contribution >= 0.6 is 0 Å². The Kier molecular flexibility index (Phi) is 5.80. The Morgan fingerprint density at radius 2 is 1.59 bits per heavy atom. The molecule has 0 amide bonds. The number of benzene rings is 2. The Balaban J connectivity index is 1.66. The monoisotopic (exact) mass is 448 g/mol. The number of hydrogen-bond donors (Lipinski definition) is 1. The smallest absolute Gasteiger partial charge is 0.189 e. The maximum Gasteiger partial charge on any atom is 0.189 e. The van der Waals surface area contributed by atoms with Gasteiger partial charge >= 0.3 is 0 Å². The van der Waals surface area contributed by atoms with Crippen LogP contribution in [0.2, 0.25) is 0 Å². The van der Waals surface area contributed by atoms with E-state index >= 15 is 0 Å². The van der Waals surface area contributed by atoms with Gasteiger partial charge in [-0.05, 0) is 38.0 Å². The van der Waals surface area contributed by atoms with E-state index in [9.17, 15) is 8.42 Å². The first-order valence-corrected chi connectivity index (χ1v) is 11.9. The zero-order valence-electron chi connectivity index (χ0n) is 18.1. The topological polar surface area (TPSA) is 112 Å². The van der Waals surface area contributed by atoms with Gasteiger partial charge < -0.3 is 10.3 Å². The molecule has 0 aliphatic rings. The molecule has 0 atom stereocenters. The van der Waals surface area contributed by atoms with E-state index in [0.29, 0.717) is 22.8 Å². The number of hydrogen-bond acceptors (Lipinski definition) is 7. The van der Waals surface area contributed by atoms with Gasteiger partial charge in [-0.15, -0.1) is 0 Å². The summed E-state index contributed by atoms with van der Waals surface area (Å²) in [6, 6.07) is 16.5. The van der Waals surface area contributed by atoms with E-state index in [1.54, 1.807) is 50.4 Å². The van der Waals surface area contributed by atoms with Crippen molar-refractivity contribution < 1.29 is 12.9 Å². The molecular weight excluding hydrogens is 424 g/mol. The van der Waals surface area contributed by atoms with Gasteiger partial charge in [0.15, 0.2) is 27.1 Å². The number of aromatic nitrogens is 3. The van der Waals surface area contributed by atoms with Crippen LogP contribution in [0.1, 0.15) is 26.3 Å². The predicted octanol–water partition coefficient (Wildman–Crippen LogP) is 4.79. The van der Waals surface area contributed by atoms with Crippen molar-refractivity contribution in [3.05, 3.63) is 66.4 Å². The lowest BCUT2D eigenvalue weighted by Gasteiger charge is -2.09. The van der Waals surface area contributed by atoms with Crippen LogP contribution in [0.5, 0.6) is 0 Å². The van der Waals surface area contributed by atoms with E-state index in [0.717, 1.165) is 17.5 Å². The molecule has 2 aromatic heterocycles. The molecule has 0 unspecified atom stereocenters. The summed E-state index contributed by atoms with van der Waals surface area (Å²) < 4.78 is 30.2. The summed E-state index contributed by atoms with van der Waals surface area (Å²) in [4.78, 5) is 9.12. The van der Waals surface area contributed by atoms with E-state index in [2.05, 4.69) is 34.2 Å². The SMILES string of the molecule is CCc1ccc(-c2cc(-c3nc(-c4ccc(S(=O)(=O)C(C)C)cc4)cnc3N)on2)cc1. The van der Waals surface area contributed by atoms with Gasteiger partial charge in [0.2, 0.25) is 0 Å². The van der Waals surface area contributed by atoms with E-state index in [1.165, 1.54) is 5.56 Å². The Bertz CT molecular complexity index is 1340. The van der Waals surface area contributed by atoms with E-state index in [1.807, 2.05) is 12.1 Å². The molecule has 0 radical (unpaired) electrons. The number of aryl methyl sites for hydroxylation is 1. The first-order valence-electron chi connectivity index (χ1n) is 10.3. The minimum Gasteiger partial charge on any atom is -0.382 e. The van der Waals surface area contributed by atoms with Crippen LogP contribution in [0.15, 0.2) is 70.2 Å². The molecule has 2 N–H and O–H groups in total. The standard InChI is InChI=1S/C24H24N4O3S/c1-4-16-5-7-17(8-6-16)20-13-22(31-28-20)23-24(25)26-14-21(27-23)18-9-11-19(12-10-18)32(29,30)15(2)3/h5-15H,4H2,1-3H3,(H2,25,26). The van der Waals surface area contributed by atoms with Gasteiger partial charge in [-0.2, -0.15) is 0 Å². The number of nitrogens with zero attached hydrogens (tertiary/aromatic N) is 3. The average Bonchev–Trinajstić information content (AvgIpc) is 3.29. The van der Waals surface area contributed by atoms with Crippen molar-refractivity contribution >= 4 is 15.7 Å². The summed E-state index contributed by atoms with van der Waals surface area (Å²) in [5.41, 5.74) is 10.6. The second kappa shape index (κ2) is 8.55. The number of nitrogen functional groups attached to an aromatic ring is 1. The fraction of sp³-hybridized carbons (Fsp3) is 0.208. The minimum atomic E-state index is -3.34. The van der Waals surface area contributed by atoms with Crippen LogP contribution in [0.25, 0.3) is 34.0 Å². The van der Waals surface area contributed by atoms with Crippen LogP contribution < -0.4 is 5.73 Å². The molecule has 2 aromatic carbocycles. The summed E-state index contributed by atoms with van der Waals surface area (Å²) in [5.74, 6) is 0.627. The lowest BCUT2D eigenvalue weighted by molar-refractivity contribution is 0.434. The Morgan fingerprint density at radius 1 is 0.969 bits per heavy atom. The first kappa shape index (κ1) is 21.7. The quantitative estimate of drug-likeness (QED) is 0.451. The van der Waals surface area contributed by atoms with Crippen molar-refractivity contribution in [2.75, 3.05) is 5.73 Å². The summed E-state index contributed by atoms with van der Waals surface area (Å²) in [5, 5.41) is 3.66. The fourth-order valence-electron chi connectivity index (χ4n) is 3.24. The van der Waals surface area contributed by atoms with E-state index in [4.69, 9.17) is 10.3 Å². The molecule has 0 bridgehead atoms. The third kappa shape index (κ3) is 4.13. The van der Waals surface area contributed by atoms with Crippen molar-refractivity contribution in [1.82, 2.24) is 15.1 Å². The maximum absolute atomic E-state index is 12.4. The zero-order chi connectivity index (χ0) is 22.9. The molecule has 0 spiro atoms. The predicted molar refractivity (Wildman–Crippen MR) is 125 cm³/mol. The molecule has 0 aliphatic heterocycles. The van der Waals surface area contributed by atoms with Crippen LogP contribution in [-0.2, 0) is 16.3 Å². The summed E-state index contributed by atoms with van der Waals surface area (Å²) in [7, 11) is -3.34. The Labute approximate surface area is 187 Å². The first-order chi connectivity index (χ1) is 15.3. The molecule has 164 valence electrons. The number of rotatable bonds is 6. The lowest BCUT2D eigenvalue weighted by atomic mass is 10.1. The third-order valence-corrected chi connectivity index (χ3v) is 7.47. The summed E-state index contributed by atoms with van der Waals surface area (Å²) >= 11 is 0. The largest absolute Gasteiger partial charge is 0.382 e. The van der Waals surface area contributed by atoms with Crippen molar-refractivity contribution in [3.8, 4) is 34.0 Å². The Morgan fingerprint density at radius 3 is 2.22 bits per heavy atom. The van der Waals surface area contributed by atoms with Gasteiger partial charge in [0.1, 0.15) is 5.69 Å². The molecule has 7 nitrogen and oxygen atoms in total. The normalized spacial score (nSPS) is 11.8. The second-order valence-electron chi connectivity index (χ2n) is 7.73. The summed E-state index contributed by atoms with van der Waals surface area (Å²) in [6.07, 6.45) is 2.51. The number of anilines is 1. The van der Waals surface area contributed by atoms with Gasteiger partial charge in [-0.3, -0.25) is 0 Å². The van der Waals surface area contributed by atoms with E-state index < -0.39 is 15.1 Å². The highest BCUT2D eigenvalue weighted by molar-refractivity contribution is 7.92. The Hall–Kier alpha value is -3.52. The van der Waals surface area contributed by atoms with Gasteiger partial charge in [-0.25, -0.2) is 18.4 Å². The van der Waals surface area contributed by atoms with Crippen molar-refractivity contribution in [2.24, 2.45) is 0 Å². The highest BCUT2D eigenvalue weighted by atomic mass is 32.2. The molecule has 2 heterocycles. The number of nitrogens with two attached hydrogens (primary N) is 1. The van der Waals surface area contributed by atoms with Gasteiger partial charge in [0, 0.05) is 17.2 Å². The molecule has 0 saturated carbocycles. The van der Waals surface area contributed by atoms with E-state index in [-0.39, 0.29) is 10.7 Å². The van der Waals surface area contributed by atoms with Gasteiger partial charge in [-0.1, -0.05) is 48.5 Å². The molecule has 4 aromatic rings. The van der Waals surface area contributed by atoms with Crippen LogP contribution in [0, 0.1) is 0 Å². The second-order valence-corrected chi connectivity index (χ2v) is 10.2. The van der Waals surface area contributed by atoms with Crippen LogP contribution in [0.3, 0.4) is 0 Å². The van der Waals surface area contributed by atoms with Crippen LogP contribution in [0.4, 0.5) is 5.82 Å². The third-order valence-electron chi connectivity index (χ3n) is 5.30. The van der Waals surface area contributed by atoms with Gasteiger partial charge in [0.05, 0.1) is 22.0 Å². The molecule has 32 heavy (non-hydrogen) atoms. The maximum atomic E-state index is 12.4. The van der Waals surface area contributed by atoms with Crippen molar-refractivity contribution in [1.29, 1.82) is 0 Å². The molecular formula is C24H24N4O3S. The molecule has 4 rings (SSSR count). The zero-order valence-corrected chi connectivity index (χ0v) is 18.9. The summed E-state index contributed by atoms with van der Waals surface area (Å²) in [6.45, 7) is 5.42. The molecule has 0 fully saturated rings. The molecule has 8 heteroatoms. The highest BCUT2D eigenvalue weighted by Gasteiger charge is 2.20. The lowest BCUT2D eigenvalue weighted by Crippen LogP contribution is -2.13. The highest BCUT2D eigenvalue weighted by Crippen LogP contribution is 2.30. The molecule has 0 aliphatic carbocycles. The van der Waals surface area contributed by atoms with Crippen molar-refractivity contribution in [3.63, 3.8) is 0 Å². The minimum absolute atomic E-state index is 0.219. The fourth-order valence-corrected chi connectivity index (χ4v) is 4.30. The average molecular weight is 449 g/mol. The molecule has 0 saturated heterocycles. The van der Waals surface area contributed by atoms with Gasteiger partial charge in [0.25, 0.3) is 0 Å². The van der Waals surface area contributed by atoms with Crippen molar-refractivity contribution in [2.45, 2.75) is 37.3 Å². The van der Waals surface area contributed by atoms with Crippen LogP contribution in [-0.4, -0.2) is 28.8 Å².